The van der Waals surface area contributed by atoms with Crippen molar-refractivity contribution in [3.63, 3.8) is 0 Å². The van der Waals surface area contributed by atoms with E-state index in [0.717, 1.165) is 24.8 Å². The Morgan fingerprint density at radius 1 is 1.19 bits per heavy atom. The number of unbranched alkanes of at least 4 members (excludes halogenated alkanes) is 3. The van der Waals surface area contributed by atoms with E-state index in [0.29, 0.717) is 25.2 Å². The molecule has 5 nitrogen and oxygen atoms in total. The Morgan fingerprint density at radius 3 is 2.73 bits per heavy atom. The molecule has 6 heteroatoms. The van der Waals surface area contributed by atoms with Crippen LogP contribution < -0.4 is 11.2 Å². The Hall–Kier alpha value is -2.47. The van der Waals surface area contributed by atoms with Crippen LogP contribution in [0.5, 0.6) is 0 Å². The van der Waals surface area contributed by atoms with Crippen LogP contribution in [0.3, 0.4) is 0 Å². The minimum atomic E-state index is -0.597. The van der Waals surface area contributed by atoms with Gasteiger partial charge in [-0.15, -0.1) is 0 Å². The normalized spacial score (nSPS) is 11.7. The number of aromatic amines is 1. The van der Waals surface area contributed by atoms with Crippen LogP contribution in [-0.4, -0.2) is 16.2 Å². The molecule has 0 amide bonds. The SMILES string of the molecule is Cc1cn(C/C(F)=C/CCCCCOCc2ccccc2)c(=O)[nH]c1=O. The van der Waals surface area contributed by atoms with E-state index in [9.17, 15) is 14.0 Å². The highest BCUT2D eigenvalue weighted by atomic mass is 19.1. The van der Waals surface area contributed by atoms with Gasteiger partial charge in [0.05, 0.1) is 13.2 Å². The quantitative estimate of drug-likeness (QED) is 0.660. The molecule has 0 radical (unpaired) electrons. The van der Waals surface area contributed by atoms with Crippen molar-refractivity contribution in [1.82, 2.24) is 9.55 Å². The zero-order chi connectivity index (χ0) is 18.8. The van der Waals surface area contributed by atoms with Gasteiger partial charge < -0.3 is 4.74 Å². The van der Waals surface area contributed by atoms with Gasteiger partial charge in [-0.1, -0.05) is 42.8 Å². The van der Waals surface area contributed by atoms with Gasteiger partial charge in [0.1, 0.15) is 5.83 Å². The number of hydrogen-bond acceptors (Lipinski definition) is 3. The maximum Gasteiger partial charge on any atom is 0.328 e. The predicted octanol–water partition coefficient (Wildman–Crippen LogP) is 3.48. The van der Waals surface area contributed by atoms with Crippen LogP contribution in [-0.2, 0) is 17.9 Å². The Morgan fingerprint density at radius 2 is 1.96 bits per heavy atom. The first-order valence-corrected chi connectivity index (χ1v) is 8.83. The molecule has 1 heterocycles. The number of allylic oxidation sites excluding steroid dienone is 2. The summed E-state index contributed by atoms with van der Waals surface area (Å²) in [5, 5.41) is 0. The van der Waals surface area contributed by atoms with Crippen molar-refractivity contribution < 1.29 is 9.13 Å². The molecule has 2 aromatic rings. The van der Waals surface area contributed by atoms with Crippen LogP contribution in [0.1, 0.15) is 36.8 Å². The zero-order valence-corrected chi connectivity index (χ0v) is 15.0. The molecule has 0 spiro atoms. The molecule has 0 unspecified atom stereocenters. The Balaban J connectivity index is 1.62. The lowest BCUT2D eigenvalue weighted by Crippen LogP contribution is -2.30. The van der Waals surface area contributed by atoms with Gasteiger partial charge in [0.25, 0.3) is 5.56 Å². The smallest absolute Gasteiger partial charge is 0.328 e. The number of halogens is 1. The van der Waals surface area contributed by atoms with Crippen LogP contribution in [0, 0.1) is 6.92 Å². The summed E-state index contributed by atoms with van der Waals surface area (Å²) >= 11 is 0. The number of hydrogen-bond donors (Lipinski definition) is 1. The van der Waals surface area contributed by atoms with Gasteiger partial charge in [-0.05, 0) is 31.7 Å². The van der Waals surface area contributed by atoms with Gasteiger partial charge in [-0.2, -0.15) is 0 Å². The molecule has 26 heavy (non-hydrogen) atoms. The molecule has 140 valence electrons. The van der Waals surface area contributed by atoms with Crippen LogP contribution in [0.4, 0.5) is 4.39 Å². The van der Waals surface area contributed by atoms with Crippen molar-refractivity contribution in [2.24, 2.45) is 0 Å². The molecule has 1 aromatic heterocycles. The average molecular weight is 360 g/mol. The molecule has 0 saturated carbocycles. The Bertz CT molecular complexity index is 825. The molecule has 2 rings (SSSR count). The maximum absolute atomic E-state index is 13.9. The first kappa shape index (κ1) is 19.8. The van der Waals surface area contributed by atoms with Crippen molar-refractivity contribution in [2.45, 2.75) is 45.8 Å². The van der Waals surface area contributed by atoms with Crippen LogP contribution in [0.2, 0.25) is 0 Å². The van der Waals surface area contributed by atoms with Crippen molar-refractivity contribution in [3.8, 4) is 0 Å². The fraction of sp³-hybridized carbons (Fsp3) is 0.400. The number of benzene rings is 1. The molecule has 1 aromatic carbocycles. The lowest BCUT2D eigenvalue weighted by atomic mass is 10.2. The van der Waals surface area contributed by atoms with Gasteiger partial charge in [0.2, 0.25) is 0 Å². The first-order chi connectivity index (χ1) is 12.6. The minimum Gasteiger partial charge on any atom is -0.377 e. The molecule has 1 N–H and O–H groups in total. The van der Waals surface area contributed by atoms with Crippen LogP contribution in [0.25, 0.3) is 0 Å². The molecule has 0 atom stereocenters. The van der Waals surface area contributed by atoms with E-state index in [1.54, 1.807) is 6.92 Å². The van der Waals surface area contributed by atoms with Crippen molar-refractivity contribution in [1.29, 1.82) is 0 Å². The summed E-state index contributed by atoms with van der Waals surface area (Å²) in [6.45, 7) is 2.72. The molecule has 0 saturated heterocycles. The standard InChI is InChI=1S/C20H25FN2O3/c1-16-13-23(20(25)22-19(16)24)14-18(21)11-7-2-3-8-12-26-15-17-9-5-4-6-10-17/h4-6,9-11,13H,2-3,7-8,12,14-15H2,1H3,(H,22,24,25)/b18-11-. The van der Waals surface area contributed by atoms with E-state index in [-0.39, 0.29) is 12.4 Å². The third-order valence-electron chi connectivity index (χ3n) is 3.98. The van der Waals surface area contributed by atoms with Gasteiger partial charge >= 0.3 is 5.69 Å². The van der Waals surface area contributed by atoms with E-state index >= 15 is 0 Å². The van der Waals surface area contributed by atoms with E-state index in [4.69, 9.17) is 4.74 Å². The van der Waals surface area contributed by atoms with Gasteiger partial charge in [-0.25, -0.2) is 9.18 Å². The minimum absolute atomic E-state index is 0.156. The number of rotatable bonds is 10. The average Bonchev–Trinajstić information content (AvgIpc) is 2.63. The topological polar surface area (TPSA) is 64.1 Å². The predicted molar refractivity (Wildman–Crippen MR) is 99.8 cm³/mol. The second-order valence-corrected chi connectivity index (χ2v) is 6.24. The summed E-state index contributed by atoms with van der Waals surface area (Å²) in [5.74, 6) is -0.376. The van der Waals surface area contributed by atoms with E-state index in [2.05, 4.69) is 4.98 Å². The number of aryl methyl sites for hydroxylation is 1. The molecular formula is C20H25FN2O3. The van der Waals surface area contributed by atoms with Gasteiger partial charge in [0, 0.05) is 18.4 Å². The maximum atomic E-state index is 13.9. The molecule has 0 bridgehead atoms. The third kappa shape index (κ3) is 6.80. The fourth-order valence-electron chi connectivity index (χ4n) is 2.51. The second kappa shape index (κ2) is 10.5. The number of nitrogens with zero attached hydrogens (tertiary/aromatic N) is 1. The van der Waals surface area contributed by atoms with Crippen LogP contribution in [0.15, 0.2) is 58.0 Å². The highest BCUT2D eigenvalue weighted by Gasteiger charge is 2.03. The molecule has 0 aliphatic heterocycles. The monoisotopic (exact) mass is 360 g/mol. The molecule has 0 aliphatic carbocycles. The largest absolute Gasteiger partial charge is 0.377 e. The first-order valence-electron chi connectivity index (χ1n) is 8.83. The van der Waals surface area contributed by atoms with E-state index in [1.807, 2.05) is 30.3 Å². The summed E-state index contributed by atoms with van der Waals surface area (Å²) in [6.07, 6.45) is 6.23. The van der Waals surface area contributed by atoms with E-state index in [1.165, 1.54) is 16.8 Å². The number of nitrogens with one attached hydrogen (secondary N) is 1. The molecule has 0 aliphatic rings. The molecule has 0 fully saturated rings. The number of H-pyrrole nitrogens is 1. The van der Waals surface area contributed by atoms with Crippen LogP contribution >= 0.6 is 0 Å². The van der Waals surface area contributed by atoms with Crippen molar-refractivity contribution in [3.05, 3.63) is 80.4 Å². The highest BCUT2D eigenvalue weighted by molar-refractivity contribution is 5.13. The third-order valence-corrected chi connectivity index (χ3v) is 3.98. The second-order valence-electron chi connectivity index (χ2n) is 6.24. The summed E-state index contributed by atoms with van der Waals surface area (Å²) in [4.78, 5) is 25.1. The summed E-state index contributed by atoms with van der Waals surface area (Å²) in [7, 11) is 0. The lowest BCUT2D eigenvalue weighted by molar-refractivity contribution is 0.117. The fourth-order valence-corrected chi connectivity index (χ4v) is 2.51. The molecular weight excluding hydrogens is 335 g/mol. The Kier molecular flexibility index (Phi) is 8.02. The number of ether oxygens (including phenoxy) is 1. The summed E-state index contributed by atoms with van der Waals surface area (Å²) in [6, 6.07) is 10.0. The van der Waals surface area contributed by atoms with Crippen molar-refractivity contribution >= 4 is 0 Å². The van der Waals surface area contributed by atoms with Gasteiger partial charge in [0.15, 0.2) is 0 Å². The lowest BCUT2D eigenvalue weighted by Gasteiger charge is -2.05. The van der Waals surface area contributed by atoms with Gasteiger partial charge in [-0.3, -0.25) is 14.3 Å². The summed E-state index contributed by atoms with van der Waals surface area (Å²) < 4.78 is 20.7. The zero-order valence-electron chi connectivity index (χ0n) is 15.0. The summed E-state index contributed by atoms with van der Waals surface area (Å²) in [5.41, 5.74) is 0.503. The van der Waals surface area contributed by atoms with Crippen molar-refractivity contribution in [2.75, 3.05) is 6.61 Å². The van der Waals surface area contributed by atoms with E-state index < -0.39 is 11.2 Å². The number of aromatic nitrogens is 2. The highest BCUT2D eigenvalue weighted by Crippen LogP contribution is 2.08. The Labute approximate surface area is 152 Å².